The average molecular weight is 676 g/mol. The highest BCUT2D eigenvalue weighted by Gasteiger charge is 2.32. The quantitative estimate of drug-likeness (QED) is 0.130. The molecule has 0 saturated carbocycles. The second kappa shape index (κ2) is 14.3. The molecule has 0 spiro atoms. The Morgan fingerprint density at radius 1 is 0.391 bits per heavy atom. The summed E-state index contributed by atoms with van der Waals surface area (Å²) < 4.78 is 13.2. The van der Waals surface area contributed by atoms with Gasteiger partial charge in [-0.15, -0.1) is 0 Å². The third-order valence-corrected chi connectivity index (χ3v) is 13.3. The summed E-state index contributed by atoms with van der Waals surface area (Å²) in [5.74, 6) is 1.27. The first-order valence-electron chi connectivity index (χ1n) is 15.1. The predicted molar refractivity (Wildman–Crippen MR) is 199 cm³/mol. The Bertz CT molecular complexity index is 1740. The molecule has 0 unspecified atom stereocenters. The molecular formula is C40H30Cl2O2P2. The van der Waals surface area contributed by atoms with Crippen LogP contribution >= 0.6 is 39.0 Å². The fraction of sp³-hybridized carbons (Fsp3) is 0.0500. The Balaban J connectivity index is 1.61. The van der Waals surface area contributed by atoms with Crippen molar-refractivity contribution in [2.45, 2.75) is 0 Å². The van der Waals surface area contributed by atoms with E-state index in [0.29, 0.717) is 34.8 Å². The van der Waals surface area contributed by atoms with Crippen LogP contribution in [0.1, 0.15) is 0 Å². The number of halogens is 2. The monoisotopic (exact) mass is 674 g/mol. The van der Waals surface area contributed by atoms with Crippen molar-refractivity contribution in [3.05, 3.63) is 168 Å². The third-order valence-electron chi connectivity index (χ3n) is 7.78. The molecule has 7 rings (SSSR count). The van der Waals surface area contributed by atoms with Crippen LogP contribution in [0.15, 0.2) is 158 Å². The zero-order valence-corrected chi connectivity index (χ0v) is 28.2. The summed E-state index contributed by atoms with van der Waals surface area (Å²) in [5.41, 5.74) is 1.85. The SMILES string of the molecule is Clc1ccc(P(c2ccccc2)c2ccccc2)c2c1OC/C=C\COc1c(Cl)ccc(P(c3ccccc3)c3ccccc3)c1-2. The van der Waals surface area contributed by atoms with Crippen LogP contribution in [0.5, 0.6) is 11.5 Å². The van der Waals surface area contributed by atoms with Crippen molar-refractivity contribution in [3.8, 4) is 22.6 Å². The van der Waals surface area contributed by atoms with E-state index in [0.717, 1.165) is 21.7 Å². The van der Waals surface area contributed by atoms with Gasteiger partial charge in [-0.25, -0.2) is 0 Å². The Morgan fingerprint density at radius 3 is 1.00 bits per heavy atom. The minimum absolute atomic E-state index is 0.367. The van der Waals surface area contributed by atoms with E-state index in [2.05, 4.69) is 133 Å². The number of fused-ring (bicyclic) bond motifs is 3. The molecule has 0 saturated heterocycles. The molecule has 1 aliphatic heterocycles. The van der Waals surface area contributed by atoms with Crippen LogP contribution in [0.2, 0.25) is 10.0 Å². The summed E-state index contributed by atoms with van der Waals surface area (Å²) in [7, 11) is -2.06. The van der Waals surface area contributed by atoms with Crippen LogP contribution in [0.3, 0.4) is 0 Å². The van der Waals surface area contributed by atoms with Gasteiger partial charge in [-0.3, -0.25) is 0 Å². The van der Waals surface area contributed by atoms with E-state index in [1.54, 1.807) is 0 Å². The normalized spacial score (nSPS) is 13.3. The molecule has 6 aromatic carbocycles. The molecule has 0 aromatic heterocycles. The zero-order chi connectivity index (χ0) is 31.3. The van der Waals surface area contributed by atoms with Crippen LogP contribution in [0, 0.1) is 0 Å². The van der Waals surface area contributed by atoms with Crippen molar-refractivity contribution in [3.63, 3.8) is 0 Å². The van der Waals surface area contributed by atoms with Gasteiger partial charge < -0.3 is 9.47 Å². The second-order valence-corrected chi connectivity index (χ2v) is 15.8. The van der Waals surface area contributed by atoms with Gasteiger partial charge in [-0.2, -0.15) is 0 Å². The first-order chi connectivity index (χ1) is 22.7. The molecule has 2 nitrogen and oxygen atoms in total. The van der Waals surface area contributed by atoms with Crippen molar-refractivity contribution in [2.75, 3.05) is 13.2 Å². The smallest absolute Gasteiger partial charge is 0.147 e. The zero-order valence-electron chi connectivity index (χ0n) is 24.9. The molecule has 0 N–H and O–H groups in total. The molecule has 0 radical (unpaired) electrons. The molecule has 6 aromatic rings. The molecule has 46 heavy (non-hydrogen) atoms. The van der Waals surface area contributed by atoms with E-state index < -0.39 is 15.8 Å². The van der Waals surface area contributed by atoms with Gasteiger partial charge in [-0.05, 0) is 72.0 Å². The van der Waals surface area contributed by atoms with Gasteiger partial charge in [0.25, 0.3) is 0 Å². The topological polar surface area (TPSA) is 18.5 Å². The Hall–Kier alpha value is -3.90. The van der Waals surface area contributed by atoms with Crippen molar-refractivity contribution >= 4 is 70.9 Å². The van der Waals surface area contributed by atoms with Crippen LogP contribution in [0.4, 0.5) is 0 Å². The average Bonchev–Trinajstić information content (AvgIpc) is 3.11. The highest BCUT2D eigenvalue weighted by molar-refractivity contribution is 7.80. The number of hydrogen-bond donors (Lipinski definition) is 0. The van der Waals surface area contributed by atoms with Gasteiger partial charge in [0.05, 0.1) is 10.0 Å². The standard InChI is InChI=1S/C40H30Cl2O2P2/c41-33-23-25-35(45(29-15-5-1-6-16-29)30-17-7-2-8-18-30)37-38-36(26-24-34(42)40(38)44-28-14-13-27-43-39(33)37)46(31-19-9-3-10-20-31)32-21-11-4-12-22-32/h1-26H,27-28H2/b14-13-. The van der Waals surface area contributed by atoms with Gasteiger partial charge in [0.1, 0.15) is 24.7 Å². The van der Waals surface area contributed by atoms with E-state index in [4.69, 9.17) is 32.7 Å². The molecular weight excluding hydrogens is 645 g/mol. The number of benzene rings is 6. The van der Waals surface area contributed by atoms with Crippen molar-refractivity contribution in [1.82, 2.24) is 0 Å². The van der Waals surface area contributed by atoms with Crippen LogP contribution in [0.25, 0.3) is 11.1 Å². The molecule has 6 heteroatoms. The van der Waals surface area contributed by atoms with Gasteiger partial charge in [0.15, 0.2) is 0 Å². The molecule has 0 atom stereocenters. The Kier molecular flexibility index (Phi) is 9.52. The lowest BCUT2D eigenvalue weighted by atomic mass is 10.0. The Labute approximate surface area is 282 Å². The Morgan fingerprint density at radius 2 is 0.696 bits per heavy atom. The number of hydrogen-bond acceptors (Lipinski definition) is 2. The summed E-state index contributed by atoms with van der Waals surface area (Å²) in [6.07, 6.45) is 3.93. The van der Waals surface area contributed by atoms with E-state index in [-0.39, 0.29) is 0 Å². The summed E-state index contributed by atoms with van der Waals surface area (Å²) in [5, 5.41) is 8.25. The van der Waals surface area contributed by atoms with Gasteiger partial charge >= 0.3 is 0 Å². The molecule has 0 aliphatic carbocycles. The highest BCUT2D eigenvalue weighted by atomic mass is 35.5. The van der Waals surface area contributed by atoms with Crippen molar-refractivity contribution in [1.29, 1.82) is 0 Å². The molecule has 0 amide bonds. The van der Waals surface area contributed by atoms with Crippen molar-refractivity contribution < 1.29 is 9.47 Å². The number of rotatable bonds is 6. The van der Waals surface area contributed by atoms with E-state index >= 15 is 0 Å². The van der Waals surface area contributed by atoms with Crippen LogP contribution in [-0.4, -0.2) is 13.2 Å². The van der Waals surface area contributed by atoms with Crippen molar-refractivity contribution in [2.24, 2.45) is 0 Å². The lowest BCUT2D eigenvalue weighted by molar-refractivity contribution is 0.347. The summed E-state index contributed by atoms with van der Waals surface area (Å²) in [6.45, 7) is 0.733. The first-order valence-corrected chi connectivity index (χ1v) is 18.5. The molecule has 0 fully saturated rings. The van der Waals surface area contributed by atoms with E-state index in [1.165, 1.54) is 21.2 Å². The van der Waals surface area contributed by atoms with E-state index in [9.17, 15) is 0 Å². The minimum atomic E-state index is -1.03. The molecule has 226 valence electrons. The largest absolute Gasteiger partial charge is 0.487 e. The van der Waals surface area contributed by atoms with E-state index in [1.807, 2.05) is 24.3 Å². The van der Waals surface area contributed by atoms with Gasteiger partial charge in [0.2, 0.25) is 0 Å². The lowest BCUT2D eigenvalue weighted by Gasteiger charge is -2.30. The second-order valence-electron chi connectivity index (χ2n) is 10.6. The maximum absolute atomic E-state index is 7.09. The highest BCUT2D eigenvalue weighted by Crippen LogP contribution is 2.50. The summed E-state index contributed by atoms with van der Waals surface area (Å²) in [6, 6.07) is 51.0. The first kappa shape index (κ1) is 30.7. The maximum atomic E-state index is 7.09. The maximum Gasteiger partial charge on any atom is 0.147 e. The lowest BCUT2D eigenvalue weighted by Crippen LogP contribution is -2.27. The third kappa shape index (κ3) is 6.24. The fourth-order valence-corrected chi connectivity index (χ4v) is 11.1. The van der Waals surface area contributed by atoms with Gasteiger partial charge in [0, 0.05) is 11.1 Å². The molecule has 1 heterocycles. The van der Waals surface area contributed by atoms with Gasteiger partial charge in [-0.1, -0.05) is 157 Å². The summed E-state index contributed by atoms with van der Waals surface area (Å²) >= 11 is 14.2. The van der Waals surface area contributed by atoms with Crippen LogP contribution in [-0.2, 0) is 0 Å². The predicted octanol–water partition coefficient (Wildman–Crippen LogP) is 8.50. The minimum Gasteiger partial charge on any atom is -0.487 e. The number of ether oxygens (including phenoxy) is 2. The van der Waals surface area contributed by atoms with Crippen LogP contribution < -0.4 is 41.3 Å². The fourth-order valence-electron chi connectivity index (χ4n) is 5.79. The molecule has 0 bridgehead atoms. The summed E-state index contributed by atoms with van der Waals surface area (Å²) in [4.78, 5) is 0. The molecule has 1 aliphatic rings.